The first-order valence-corrected chi connectivity index (χ1v) is 6.87. The highest BCUT2D eigenvalue weighted by Gasteiger charge is 2.38. The van der Waals surface area contributed by atoms with E-state index in [0.717, 1.165) is 25.8 Å². The second-order valence-electron chi connectivity index (χ2n) is 6.44. The molecule has 2 rings (SSSR count). The summed E-state index contributed by atoms with van der Waals surface area (Å²) in [6.07, 6.45) is 3.50. The number of nitrogens with zero attached hydrogens (tertiary/aromatic N) is 1. The first-order valence-electron chi connectivity index (χ1n) is 6.87. The monoisotopic (exact) mass is 253 g/mol. The summed E-state index contributed by atoms with van der Waals surface area (Å²) in [6.45, 7) is 6.87. The minimum Gasteiger partial charge on any atom is -0.444 e. The van der Waals surface area contributed by atoms with Gasteiger partial charge in [0, 0.05) is 25.4 Å². The Labute approximate surface area is 109 Å². The first kappa shape index (κ1) is 13.4. The lowest BCUT2D eigenvalue weighted by molar-refractivity contribution is -0.128. The summed E-state index contributed by atoms with van der Waals surface area (Å²) in [5.41, 5.74) is -0.468. The third kappa shape index (κ3) is 3.03. The molecule has 1 saturated carbocycles. The van der Waals surface area contributed by atoms with E-state index in [4.69, 9.17) is 4.74 Å². The zero-order valence-electron chi connectivity index (χ0n) is 11.6. The number of rotatable bonds is 0. The van der Waals surface area contributed by atoms with Gasteiger partial charge in [0.25, 0.3) is 0 Å². The Morgan fingerprint density at radius 1 is 1.33 bits per heavy atom. The molecular weight excluding hydrogens is 230 g/mol. The van der Waals surface area contributed by atoms with E-state index in [2.05, 4.69) is 0 Å². The molecule has 18 heavy (non-hydrogen) atoms. The van der Waals surface area contributed by atoms with Gasteiger partial charge in [-0.3, -0.25) is 4.79 Å². The number of carbonyl (C=O) groups excluding carboxylic acids is 2. The van der Waals surface area contributed by atoms with Crippen molar-refractivity contribution in [3.05, 3.63) is 0 Å². The van der Waals surface area contributed by atoms with Crippen molar-refractivity contribution in [1.82, 2.24) is 4.90 Å². The molecule has 0 spiro atoms. The smallest absolute Gasteiger partial charge is 0.410 e. The Balaban J connectivity index is 1.96. The molecule has 0 unspecified atom stereocenters. The average molecular weight is 253 g/mol. The van der Waals surface area contributed by atoms with Crippen LogP contribution in [0.5, 0.6) is 0 Å². The summed E-state index contributed by atoms with van der Waals surface area (Å²) in [6, 6.07) is 0. The fraction of sp³-hybridized carbons (Fsp3) is 0.857. The molecule has 1 heterocycles. The van der Waals surface area contributed by atoms with Crippen LogP contribution in [0, 0.1) is 11.8 Å². The first-order chi connectivity index (χ1) is 8.37. The van der Waals surface area contributed by atoms with Gasteiger partial charge in [-0.1, -0.05) is 0 Å². The maximum Gasteiger partial charge on any atom is 0.410 e. The maximum absolute atomic E-state index is 12.0. The van der Waals surface area contributed by atoms with E-state index in [1.807, 2.05) is 20.8 Å². The van der Waals surface area contributed by atoms with E-state index in [0.29, 0.717) is 24.7 Å². The van der Waals surface area contributed by atoms with Crippen molar-refractivity contribution >= 4 is 11.9 Å². The summed E-state index contributed by atoms with van der Waals surface area (Å²) in [7, 11) is 0. The number of carbonyl (C=O) groups is 2. The molecule has 1 amide bonds. The Hall–Kier alpha value is -1.06. The molecule has 0 aromatic carbocycles. The number of fused-ring (bicyclic) bond motifs is 1. The Bertz CT molecular complexity index is 345. The predicted molar refractivity (Wildman–Crippen MR) is 68.3 cm³/mol. The molecule has 0 aromatic rings. The van der Waals surface area contributed by atoms with Crippen LogP contribution in [0.3, 0.4) is 0 Å². The zero-order chi connectivity index (χ0) is 13.3. The fourth-order valence-electron chi connectivity index (χ4n) is 2.93. The van der Waals surface area contributed by atoms with Gasteiger partial charge in [-0.25, -0.2) is 4.79 Å². The molecular formula is C14H23NO3. The Kier molecular flexibility index (Phi) is 3.64. The Morgan fingerprint density at radius 2 is 2.06 bits per heavy atom. The highest BCUT2D eigenvalue weighted by Crippen LogP contribution is 2.34. The number of hydrogen-bond donors (Lipinski definition) is 0. The molecule has 2 aliphatic rings. The molecule has 4 heteroatoms. The number of ketones is 1. The minimum absolute atomic E-state index is 0.0556. The quantitative estimate of drug-likeness (QED) is 0.666. The number of piperidine rings is 1. The molecule has 2 fully saturated rings. The second kappa shape index (κ2) is 4.90. The van der Waals surface area contributed by atoms with Gasteiger partial charge in [0.05, 0.1) is 0 Å². The zero-order valence-corrected chi connectivity index (χ0v) is 11.6. The molecule has 0 bridgehead atoms. The molecule has 0 aromatic heterocycles. The van der Waals surface area contributed by atoms with Crippen molar-refractivity contribution in [2.45, 2.75) is 52.1 Å². The largest absolute Gasteiger partial charge is 0.444 e. The summed E-state index contributed by atoms with van der Waals surface area (Å²) >= 11 is 0. The van der Waals surface area contributed by atoms with Crippen molar-refractivity contribution in [3.8, 4) is 0 Å². The number of likely N-dealkylation sites (tertiary alicyclic amines) is 1. The van der Waals surface area contributed by atoms with Crippen LogP contribution in [0.1, 0.15) is 46.5 Å². The van der Waals surface area contributed by atoms with Gasteiger partial charge < -0.3 is 9.64 Å². The standard InChI is InChI=1S/C14H23NO3/c1-14(2,3)18-13(17)15-8-7-10-5-4-6-12(16)11(10)9-15/h10-11H,4-9H2,1-3H3/t10-,11+/m1/s1. The van der Waals surface area contributed by atoms with Gasteiger partial charge in [0.15, 0.2) is 0 Å². The lowest BCUT2D eigenvalue weighted by Crippen LogP contribution is -2.49. The van der Waals surface area contributed by atoms with E-state index in [9.17, 15) is 9.59 Å². The minimum atomic E-state index is -0.468. The van der Waals surface area contributed by atoms with Gasteiger partial charge >= 0.3 is 6.09 Å². The second-order valence-corrected chi connectivity index (χ2v) is 6.44. The van der Waals surface area contributed by atoms with E-state index < -0.39 is 5.60 Å². The van der Waals surface area contributed by atoms with Gasteiger partial charge in [0.1, 0.15) is 11.4 Å². The van der Waals surface area contributed by atoms with Crippen LogP contribution in [-0.2, 0) is 9.53 Å². The number of Topliss-reactive ketones (excluding diaryl/α,β-unsaturated/α-hetero) is 1. The van der Waals surface area contributed by atoms with Gasteiger partial charge in [-0.05, 0) is 46.0 Å². The van der Waals surface area contributed by atoms with Crippen molar-refractivity contribution in [2.75, 3.05) is 13.1 Å². The SMILES string of the molecule is CC(C)(C)OC(=O)N1CC[C@H]2CCCC(=O)[C@H]2C1. The van der Waals surface area contributed by atoms with Crippen molar-refractivity contribution in [2.24, 2.45) is 11.8 Å². The topological polar surface area (TPSA) is 46.6 Å². The molecule has 1 aliphatic heterocycles. The maximum atomic E-state index is 12.0. The van der Waals surface area contributed by atoms with Gasteiger partial charge in [-0.15, -0.1) is 0 Å². The van der Waals surface area contributed by atoms with Crippen LogP contribution in [0.15, 0.2) is 0 Å². The molecule has 0 radical (unpaired) electrons. The molecule has 102 valence electrons. The number of amides is 1. The lowest BCUT2D eigenvalue weighted by atomic mass is 9.74. The summed E-state index contributed by atoms with van der Waals surface area (Å²) < 4.78 is 5.37. The highest BCUT2D eigenvalue weighted by molar-refractivity contribution is 5.83. The summed E-state index contributed by atoms with van der Waals surface area (Å²) in [4.78, 5) is 25.6. The highest BCUT2D eigenvalue weighted by atomic mass is 16.6. The molecule has 1 aliphatic carbocycles. The lowest BCUT2D eigenvalue weighted by Gasteiger charge is -2.40. The van der Waals surface area contributed by atoms with E-state index in [1.54, 1.807) is 4.90 Å². The van der Waals surface area contributed by atoms with Crippen LogP contribution in [0.4, 0.5) is 4.79 Å². The van der Waals surface area contributed by atoms with E-state index in [1.165, 1.54) is 0 Å². The molecule has 1 saturated heterocycles. The van der Waals surface area contributed by atoms with E-state index >= 15 is 0 Å². The van der Waals surface area contributed by atoms with Crippen molar-refractivity contribution in [3.63, 3.8) is 0 Å². The fourth-order valence-corrected chi connectivity index (χ4v) is 2.93. The average Bonchev–Trinajstić information content (AvgIpc) is 2.27. The van der Waals surface area contributed by atoms with Crippen molar-refractivity contribution < 1.29 is 14.3 Å². The summed E-state index contributed by atoms with van der Waals surface area (Å²) in [5, 5.41) is 0. The number of ether oxygens (including phenoxy) is 1. The summed E-state index contributed by atoms with van der Waals surface area (Å²) in [5.74, 6) is 0.879. The third-order valence-corrected chi connectivity index (χ3v) is 3.82. The van der Waals surface area contributed by atoms with E-state index in [-0.39, 0.29) is 12.0 Å². The van der Waals surface area contributed by atoms with Crippen LogP contribution in [-0.4, -0.2) is 35.5 Å². The van der Waals surface area contributed by atoms with Crippen LogP contribution < -0.4 is 0 Å². The van der Waals surface area contributed by atoms with Gasteiger partial charge in [-0.2, -0.15) is 0 Å². The van der Waals surface area contributed by atoms with Crippen LogP contribution in [0.25, 0.3) is 0 Å². The normalized spacial score (nSPS) is 28.8. The van der Waals surface area contributed by atoms with Crippen LogP contribution in [0.2, 0.25) is 0 Å². The molecule has 4 nitrogen and oxygen atoms in total. The predicted octanol–water partition coefficient (Wildman–Crippen LogP) is 2.61. The molecule has 2 atom stereocenters. The Morgan fingerprint density at radius 3 is 2.72 bits per heavy atom. The molecule has 0 N–H and O–H groups in total. The van der Waals surface area contributed by atoms with Crippen molar-refractivity contribution in [1.29, 1.82) is 0 Å². The third-order valence-electron chi connectivity index (χ3n) is 3.82. The van der Waals surface area contributed by atoms with Gasteiger partial charge in [0.2, 0.25) is 0 Å². The van der Waals surface area contributed by atoms with Crippen LogP contribution >= 0.6 is 0 Å². The number of hydrogen-bond acceptors (Lipinski definition) is 3.